The van der Waals surface area contributed by atoms with Crippen LogP contribution in [0.25, 0.3) is 0 Å². The molecule has 2 rings (SSSR count). The molecule has 2 unspecified atom stereocenters. The molecule has 0 radical (unpaired) electrons. The first-order valence-corrected chi connectivity index (χ1v) is 7.70. The van der Waals surface area contributed by atoms with Gasteiger partial charge in [-0.1, -0.05) is 13.8 Å². The number of nitrogens with zero attached hydrogens (tertiary/aromatic N) is 2. The van der Waals surface area contributed by atoms with Crippen molar-refractivity contribution in [2.75, 3.05) is 23.8 Å². The average molecular weight is 278 g/mol. The van der Waals surface area contributed by atoms with Gasteiger partial charge in [0.2, 0.25) is 0 Å². The summed E-state index contributed by atoms with van der Waals surface area (Å²) in [6.45, 7) is 8.20. The lowest BCUT2D eigenvalue weighted by Crippen LogP contribution is -2.33. The molecule has 0 aliphatic carbocycles. The summed E-state index contributed by atoms with van der Waals surface area (Å²) in [5.41, 5.74) is 1.18. The Bertz CT molecular complexity index is 424. The van der Waals surface area contributed by atoms with Crippen molar-refractivity contribution in [1.82, 2.24) is 9.97 Å². The summed E-state index contributed by atoms with van der Waals surface area (Å²) in [6.07, 6.45) is 6.05. The van der Waals surface area contributed by atoms with Gasteiger partial charge in [-0.3, -0.25) is 0 Å². The molecule has 2 atom stereocenters. The van der Waals surface area contributed by atoms with Gasteiger partial charge in [0.25, 0.3) is 0 Å². The van der Waals surface area contributed by atoms with Crippen LogP contribution in [0.2, 0.25) is 0 Å². The molecule has 2 N–H and O–H groups in total. The Balaban J connectivity index is 2.09. The second kappa shape index (κ2) is 7.43. The Kier molecular flexibility index (Phi) is 5.59. The molecule has 1 aromatic rings. The number of rotatable bonds is 6. The van der Waals surface area contributed by atoms with E-state index in [4.69, 9.17) is 4.74 Å². The van der Waals surface area contributed by atoms with Gasteiger partial charge in [0, 0.05) is 24.8 Å². The van der Waals surface area contributed by atoms with Crippen LogP contribution in [0.4, 0.5) is 11.6 Å². The average Bonchev–Trinajstić information content (AvgIpc) is 2.45. The van der Waals surface area contributed by atoms with Crippen LogP contribution in [0.3, 0.4) is 0 Å². The lowest BCUT2D eigenvalue weighted by molar-refractivity contribution is 0.0231. The molecule has 0 bridgehead atoms. The summed E-state index contributed by atoms with van der Waals surface area (Å²) in [5, 5.41) is 6.96. The maximum Gasteiger partial charge on any atom is 0.134 e. The van der Waals surface area contributed by atoms with Crippen LogP contribution in [0.15, 0.2) is 6.33 Å². The minimum atomic E-state index is 0.325. The molecule has 1 aliphatic heterocycles. The van der Waals surface area contributed by atoms with Gasteiger partial charge >= 0.3 is 0 Å². The molecule has 2 heterocycles. The molecule has 20 heavy (non-hydrogen) atoms. The van der Waals surface area contributed by atoms with Crippen LogP contribution in [0.5, 0.6) is 0 Å². The van der Waals surface area contributed by atoms with Crippen molar-refractivity contribution < 1.29 is 4.74 Å². The molecule has 1 saturated heterocycles. The van der Waals surface area contributed by atoms with E-state index in [0.717, 1.165) is 50.5 Å². The first-order chi connectivity index (χ1) is 9.74. The van der Waals surface area contributed by atoms with Crippen molar-refractivity contribution in [3.63, 3.8) is 0 Å². The Labute approximate surface area is 121 Å². The van der Waals surface area contributed by atoms with E-state index >= 15 is 0 Å². The zero-order valence-corrected chi connectivity index (χ0v) is 12.8. The second-order valence-corrected chi connectivity index (χ2v) is 5.38. The van der Waals surface area contributed by atoms with E-state index in [1.165, 1.54) is 5.56 Å². The number of anilines is 2. The summed E-state index contributed by atoms with van der Waals surface area (Å²) >= 11 is 0. The molecule has 1 aromatic heterocycles. The van der Waals surface area contributed by atoms with E-state index in [9.17, 15) is 0 Å². The van der Waals surface area contributed by atoms with E-state index < -0.39 is 0 Å². The third-order valence-electron chi connectivity index (χ3n) is 3.67. The highest BCUT2D eigenvalue weighted by Gasteiger charge is 2.21. The standard InChI is InChI=1S/C15H26N4O/c1-4-7-16-14-13(5-2)15(18-10-17-14)19-12-6-8-20-11(3)9-12/h10-12H,4-9H2,1-3H3,(H2,16,17,18,19). The Morgan fingerprint density at radius 2 is 2.10 bits per heavy atom. The molecular formula is C15H26N4O. The first kappa shape index (κ1) is 15.0. The van der Waals surface area contributed by atoms with Crippen LogP contribution < -0.4 is 10.6 Å². The van der Waals surface area contributed by atoms with Gasteiger partial charge in [0.15, 0.2) is 0 Å². The Morgan fingerprint density at radius 3 is 2.80 bits per heavy atom. The summed E-state index contributed by atoms with van der Waals surface area (Å²) in [4.78, 5) is 8.80. The zero-order chi connectivity index (χ0) is 14.4. The maximum absolute atomic E-state index is 5.59. The lowest BCUT2D eigenvalue weighted by atomic mass is 10.0. The van der Waals surface area contributed by atoms with Gasteiger partial charge in [-0.2, -0.15) is 0 Å². The number of hydrogen-bond donors (Lipinski definition) is 2. The van der Waals surface area contributed by atoms with Gasteiger partial charge < -0.3 is 15.4 Å². The quantitative estimate of drug-likeness (QED) is 0.838. The van der Waals surface area contributed by atoms with Gasteiger partial charge in [-0.25, -0.2) is 9.97 Å². The van der Waals surface area contributed by atoms with Crippen molar-refractivity contribution in [3.8, 4) is 0 Å². The second-order valence-electron chi connectivity index (χ2n) is 5.38. The molecular weight excluding hydrogens is 252 g/mol. The van der Waals surface area contributed by atoms with E-state index in [1.807, 2.05) is 0 Å². The van der Waals surface area contributed by atoms with Crippen LogP contribution in [-0.2, 0) is 11.2 Å². The molecule has 0 saturated carbocycles. The number of hydrogen-bond acceptors (Lipinski definition) is 5. The third kappa shape index (κ3) is 3.82. The molecule has 0 amide bonds. The molecule has 0 spiro atoms. The summed E-state index contributed by atoms with van der Waals surface area (Å²) in [5.74, 6) is 1.94. The SMILES string of the molecule is CCCNc1ncnc(NC2CCOC(C)C2)c1CC. The van der Waals surface area contributed by atoms with Crippen molar-refractivity contribution in [2.45, 2.75) is 58.6 Å². The number of aromatic nitrogens is 2. The van der Waals surface area contributed by atoms with Crippen molar-refractivity contribution in [2.24, 2.45) is 0 Å². The van der Waals surface area contributed by atoms with Crippen molar-refractivity contribution in [1.29, 1.82) is 0 Å². The van der Waals surface area contributed by atoms with Crippen LogP contribution in [0.1, 0.15) is 45.6 Å². The maximum atomic E-state index is 5.59. The Hall–Kier alpha value is -1.36. The Morgan fingerprint density at radius 1 is 1.30 bits per heavy atom. The third-order valence-corrected chi connectivity index (χ3v) is 3.67. The van der Waals surface area contributed by atoms with Gasteiger partial charge in [0.1, 0.15) is 18.0 Å². The largest absolute Gasteiger partial charge is 0.378 e. The van der Waals surface area contributed by atoms with E-state index in [-0.39, 0.29) is 0 Å². The normalized spacial score (nSPS) is 22.6. The van der Waals surface area contributed by atoms with E-state index in [2.05, 4.69) is 41.4 Å². The van der Waals surface area contributed by atoms with Crippen molar-refractivity contribution >= 4 is 11.6 Å². The van der Waals surface area contributed by atoms with Gasteiger partial charge in [-0.05, 0) is 32.6 Å². The fourth-order valence-corrected chi connectivity index (χ4v) is 2.59. The molecule has 5 nitrogen and oxygen atoms in total. The van der Waals surface area contributed by atoms with Crippen LogP contribution >= 0.6 is 0 Å². The van der Waals surface area contributed by atoms with Gasteiger partial charge in [-0.15, -0.1) is 0 Å². The number of ether oxygens (including phenoxy) is 1. The molecule has 112 valence electrons. The highest BCUT2D eigenvalue weighted by molar-refractivity contribution is 5.57. The fraction of sp³-hybridized carbons (Fsp3) is 0.733. The number of nitrogens with one attached hydrogen (secondary N) is 2. The molecule has 5 heteroatoms. The van der Waals surface area contributed by atoms with Crippen molar-refractivity contribution in [3.05, 3.63) is 11.9 Å². The van der Waals surface area contributed by atoms with E-state index in [1.54, 1.807) is 6.33 Å². The summed E-state index contributed by atoms with van der Waals surface area (Å²) < 4.78 is 5.59. The van der Waals surface area contributed by atoms with Gasteiger partial charge in [0.05, 0.1) is 6.10 Å². The molecule has 0 aromatic carbocycles. The minimum absolute atomic E-state index is 0.325. The first-order valence-electron chi connectivity index (χ1n) is 7.70. The lowest BCUT2D eigenvalue weighted by Gasteiger charge is -2.29. The predicted octanol–water partition coefficient (Wildman–Crippen LogP) is 2.84. The molecule has 1 fully saturated rings. The molecule has 1 aliphatic rings. The minimum Gasteiger partial charge on any atom is -0.378 e. The zero-order valence-electron chi connectivity index (χ0n) is 12.8. The van der Waals surface area contributed by atoms with Crippen LogP contribution in [-0.4, -0.2) is 35.3 Å². The monoisotopic (exact) mass is 278 g/mol. The fourth-order valence-electron chi connectivity index (χ4n) is 2.59. The summed E-state index contributed by atoms with van der Waals surface area (Å²) in [6, 6.07) is 0.443. The van der Waals surface area contributed by atoms with Crippen LogP contribution in [0, 0.1) is 0 Å². The summed E-state index contributed by atoms with van der Waals surface area (Å²) in [7, 11) is 0. The van der Waals surface area contributed by atoms with E-state index in [0.29, 0.717) is 12.1 Å². The smallest absolute Gasteiger partial charge is 0.134 e. The highest BCUT2D eigenvalue weighted by Crippen LogP contribution is 2.24. The predicted molar refractivity (Wildman–Crippen MR) is 82.2 cm³/mol. The highest BCUT2D eigenvalue weighted by atomic mass is 16.5. The topological polar surface area (TPSA) is 59.1 Å².